The quantitative estimate of drug-likeness (QED) is 0.271. The average Bonchev–Trinajstić information content (AvgIpc) is 2.90. The summed E-state index contributed by atoms with van der Waals surface area (Å²) >= 11 is 12.2. The van der Waals surface area contributed by atoms with Gasteiger partial charge in [0.15, 0.2) is 6.61 Å². The Hall–Kier alpha value is -3.22. The first-order valence-electron chi connectivity index (χ1n) is 12.2. The first kappa shape index (κ1) is 28.4. The molecule has 0 aromatic heterocycles. The molecular formula is C29H32Cl2N2O4. The molecular weight excluding hydrogens is 511 g/mol. The molecule has 0 radical (unpaired) electrons. The number of carbonyl (C=O) groups is 2. The molecule has 0 aliphatic heterocycles. The number of carbonyl (C=O) groups excluding carboxylic acids is 2. The molecule has 0 spiro atoms. The molecule has 3 rings (SSSR count). The maximum absolute atomic E-state index is 13.6. The number of amides is 2. The fourth-order valence-corrected chi connectivity index (χ4v) is 4.31. The second-order valence-corrected chi connectivity index (χ2v) is 9.43. The summed E-state index contributed by atoms with van der Waals surface area (Å²) in [6.45, 7) is 2.51. The lowest BCUT2D eigenvalue weighted by Gasteiger charge is -2.31. The molecule has 1 N–H and O–H groups in total. The van der Waals surface area contributed by atoms with Gasteiger partial charge in [0, 0.05) is 24.5 Å². The molecule has 0 aliphatic rings. The van der Waals surface area contributed by atoms with Crippen LogP contribution in [0, 0.1) is 0 Å². The molecule has 8 heteroatoms. The van der Waals surface area contributed by atoms with Crippen molar-refractivity contribution in [1.29, 1.82) is 0 Å². The Morgan fingerprint density at radius 3 is 2.43 bits per heavy atom. The lowest BCUT2D eigenvalue weighted by Crippen LogP contribution is -2.51. The Labute approximate surface area is 228 Å². The number of methoxy groups -OCH3 is 1. The zero-order chi connectivity index (χ0) is 26.6. The summed E-state index contributed by atoms with van der Waals surface area (Å²) in [5.41, 5.74) is 1.78. The molecule has 1 atom stereocenters. The largest absolute Gasteiger partial charge is 0.497 e. The summed E-state index contributed by atoms with van der Waals surface area (Å²) in [7, 11) is 1.59. The first-order valence-corrected chi connectivity index (χ1v) is 13.0. The van der Waals surface area contributed by atoms with E-state index < -0.39 is 6.04 Å². The van der Waals surface area contributed by atoms with Crippen LogP contribution in [0.2, 0.25) is 10.0 Å². The van der Waals surface area contributed by atoms with Gasteiger partial charge in [0.25, 0.3) is 5.91 Å². The Kier molecular flexibility index (Phi) is 11.1. The van der Waals surface area contributed by atoms with Crippen LogP contribution in [0.15, 0.2) is 72.8 Å². The van der Waals surface area contributed by atoms with Gasteiger partial charge in [0.2, 0.25) is 5.91 Å². The maximum atomic E-state index is 13.6. The van der Waals surface area contributed by atoms with Crippen molar-refractivity contribution in [1.82, 2.24) is 10.2 Å². The second kappa shape index (κ2) is 14.5. The minimum atomic E-state index is -0.748. The van der Waals surface area contributed by atoms with Crippen molar-refractivity contribution in [3.63, 3.8) is 0 Å². The van der Waals surface area contributed by atoms with Crippen molar-refractivity contribution >= 4 is 35.0 Å². The van der Waals surface area contributed by atoms with Gasteiger partial charge in [-0.15, -0.1) is 0 Å². The molecule has 0 unspecified atom stereocenters. The standard InChI is InChI=1S/C29H32Cl2N2O4/c1-3-4-15-32-29(35)26(17-21-9-6-5-7-10-21)33(19-22-11-8-12-24(16-22)36-2)28(34)20-37-27-14-13-23(30)18-25(27)31/h5-14,16,18,26H,3-4,15,17,19-20H2,1-2H3,(H,32,35)/t26-/m0/s1. The zero-order valence-corrected chi connectivity index (χ0v) is 22.6. The molecule has 0 fully saturated rings. The highest BCUT2D eigenvalue weighted by Gasteiger charge is 2.30. The van der Waals surface area contributed by atoms with E-state index in [1.165, 1.54) is 0 Å². The Morgan fingerprint density at radius 2 is 1.73 bits per heavy atom. The molecule has 0 heterocycles. The van der Waals surface area contributed by atoms with Crippen molar-refractivity contribution in [3.05, 3.63) is 94.0 Å². The average molecular weight is 543 g/mol. The normalized spacial score (nSPS) is 11.5. The SMILES string of the molecule is CCCCNC(=O)[C@H](Cc1ccccc1)N(Cc1cccc(OC)c1)C(=O)COc1ccc(Cl)cc1Cl. The van der Waals surface area contributed by atoms with Crippen molar-refractivity contribution in [2.24, 2.45) is 0 Å². The van der Waals surface area contributed by atoms with E-state index in [0.29, 0.717) is 34.5 Å². The van der Waals surface area contributed by atoms with E-state index in [-0.39, 0.29) is 25.0 Å². The zero-order valence-electron chi connectivity index (χ0n) is 21.1. The van der Waals surface area contributed by atoms with Gasteiger partial charge < -0.3 is 19.7 Å². The number of nitrogens with zero attached hydrogens (tertiary/aromatic N) is 1. The van der Waals surface area contributed by atoms with Gasteiger partial charge in [-0.3, -0.25) is 9.59 Å². The summed E-state index contributed by atoms with van der Waals surface area (Å²) in [6.07, 6.45) is 2.16. The van der Waals surface area contributed by atoms with Crippen LogP contribution < -0.4 is 14.8 Å². The lowest BCUT2D eigenvalue weighted by atomic mass is 10.0. The number of unbranched alkanes of at least 4 members (excludes halogenated alkanes) is 1. The molecule has 196 valence electrons. The van der Waals surface area contributed by atoms with E-state index in [1.54, 1.807) is 30.2 Å². The number of benzene rings is 3. The number of hydrogen-bond donors (Lipinski definition) is 1. The summed E-state index contributed by atoms with van der Waals surface area (Å²) in [5.74, 6) is 0.451. The summed E-state index contributed by atoms with van der Waals surface area (Å²) in [5, 5.41) is 3.77. The highest BCUT2D eigenvalue weighted by molar-refractivity contribution is 6.35. The minimum absolute atomic E-state index is 0.201. The van der Waals surface area contributed by atoms with Gasteiger partial charge in [0.05, 0.1) is 12.1 Å². The molecule has 3 aromatic rings. The Bertz CT molecular complexity index is 1170. The molecule has 0 saturated heterocycles. The van der Waals surface area contributed by atoms with Crippen LogP contribution >= 0.6 is 23.2 Å². The molecule has 2 amide bonds. The van der Waals surface area contributed by atoms with Gasteiger partial charge in [-0.25, -0.2) is 0 Å². The lowest BCUT2D eigenvalue weighted by molar-refractivity contribution is -0.142. The summed E-state index contributed by atoms with van der Waals surface area (Å²) in [4.78, 5) is 28.6. The number of hydrogen-bond acceptors (Lipinski definition) is 4. The van der Waals surface area contributed by atoms with Crippen LogP contribution in [0.4, 0.5) is 0 Å². The monoisotopic (exact) mass is 542 g/mol. The van der Waals surface area contributed by atoms with E-state index in [9.17, 15) is 9.59 Å². The van der Waals surface area contributed by atoms with Crippen LogP contribution in [-0.4, -0.2) is 43.0 Å². The van der Waals surface area contributed by atoms with Crippen LogP contribution in [0.1, 0.15) is 30.9 Å². The van der Waals surface area contributed by atoms with Crippen molar-refractivity contribution < 1.29 is 19.1 Å². The number of nitrogens with one attached hydrogen (secondary N) is 1. The van der Waals surface area contributed by atoms with Crippen LogP contribution in [0.3, 0.4) is 0 Å². The smallest absolute Gasteiger partial charge is 0.261 e. The second-order valence-electron chi connectivity index (χ2n) is 8.59. The maximum Gasteiger partial charge on any atom is 0.261 e. The number of halogens is 2. The van der Waals surface area contributed by atoms with E-state index >= 15 is 0 Å². The number of ether oxygens (including phenoxy) is 2. The van der Waals surface area contributed by atoms with Crippen molar-refractivity contribution in [2.45, 2.75) is 38.8 Å². The number of rotatable bonds is 13. The van der Waals surface area contributed by atoms with Crippen molar-refractivity contribution in [3.8, 4) is 11.5 Å². The third-order valence-corrected chi connectivity index (χ3v) is 6.36. The summed E-state index contributed by atoms with van der Waals surface area (Å²) in [6, 6.07) is 21.1. The molecule has 6 nitrogen and oxygen atoms in total. The van der Waals surface area contributed by atoms with E-state index in [0.717, 1.165) is 24.0 Å². The van der Waals surface area contributed by atoms with Gasteiger partial charge in [0.1, 0.15) is 17.5 Å². The Balaban J connectivity index is 1.91. The highest BCUT2D eigenvalue weighted by atomic mass is 35.5. The van der Waals surface area contributed by atoms with Gasteiger partial charge >= 0.3 is 0 Å². The predicted molar refractivity (Wildman–Crippen MR) is 147 cm³/mol. The Morgan fingerprint density at radius 1 is 0.973 bits per heavy atom. The van der Waals surface area contributed by atoms with Crippen LogP contribution in [-0.2, 0) is 22.6 Å². The topological polar surface area (TPSA) is 67.9 Å². The van der Waals surface area contributed by atoms with Gasteiger partial charge in [-0.1, -0.05) is 79.0 Å². The molecule has 3 aromatic carbocycles. The third-order valence-electron chi connectivity index (χ3n) is 5.83. The van der Waals surface area contributed by atoms with Crippen LogP contribution in [0.5, 0.6) is 11.5 Å². The van der Waals surface area contributed by atoms with E-state index in [4.69, 9.17) is 32.7 Å². The minimum Gasteiger partial charge on any atom is -0.497 e. The van der Waals surface area contributed by atoms with E-state index in [2.05, 4.69) is 12.2 Å². The summed E-state index contributed by atoms with van der Waals surface area (Å²) < 4.78 is 11.1. The van der Waals surface area contributed by atoms with Crippen LogP contribution in [0.25, 0.3) is 0 Å². The fraction of sp³-hybridized carbons (Fsp3) is 0.310. The fourth-order valence-electron chi connectivity index (χ4n) is 3.84. The van der Waals surface area contributed by atoms with Gasteiger partial charge in [-0.2, -0.15) is 0 Å². The van der Waals surface area contributed by atoms with Crippen molar-refractivity contribution in [2.75, 3.05) is 20.3 Å². The molecule has 0 saturated carbocycles. The van der Waals surface area contributed by atoms with Gasteiger partial charge in [-0.05, 0) is 47.9 Å². The molecule has 37 heavy (non-hydrogen) atoms. The third kappa shape index (κ3) is 8.69. The predicted octanol–water partition coefficient (Wildman–Crippen LogP) is 5.94. The molecule has 0 aliphatic carbocycles. The highest BCUT2D eigenvalue weighted by Crippen LogP contribution is 2.28. The molecule has 0 bridgehead atoms. The van der Waals surface area contributed by atoms with E-state index in [1.807, 2.05) is 54.6 Å². The first-order chi connectivity index (χ1) is 17.9.